The Balaban J connectivity index is 1.65. The molecule has 3 rings (SSSR count). The monoisotopic (exact) mass is 280 g/mol. The number of likely N-dealkylation sites (N-methyl/N-ethyl adjacent to an activating group) is 2. The molecule has 1 atom stereocenters. The maximum Gasteiger partial charge on any atom is 0.111 e. The van der Waals surface area contributed by atoms with Gasteiger partial charge in [-0.25, -0.2) is 4.98 Å². The number of hydrogen-bond acceptors (Lipinski definition) is 5. The van der Waals surface area contributed by atoms with Crippen LogP contribution in [0.4, 0.5) is 0 Å². The van der Waals surface area contributed by atoms with E-state index in [0.29, 0.717) is 6.04 Å². The van der Waals surface area contributed by atoms with Crippen LogP contribution in [0.1, 0.15) is 36.0 Å². The minimum absolute atomic E-state index is 0.465. The number of thiazole rings is 1. The highest BCUT2D eigenvalue weighted by Crippen LogP contribution is 2.26. The zero-order chi connectivity index (χ0) is 13.2. The van der Waals surface area contributed by atoms with Gasteiger partial charge in [0, 0.05) is 24.5 Å². The predicted molar refractivity (Wildman–Crippen MR) is 79.5 cm³/mol. The van der Waals surface area contributed by atoms with Crippen LogP contribution < -0.4 is 5.32 Å². The van der Waals surface area contributed by atoms with Crippen LogP contribution in [0.5, 0.6) is 0 Å². The molecule has 1 aromatic rings. The van der Waals surface area contributed by atoms with Crippen molar-refractivity contribution in [1.29, 1.82) is 0 Å². The minimum Gasteiger partial charge on any atom is -0.308 e. The number of rotatable bonds is 4. The van der Waals surface area contributed by atoms with Gasteiger partial charge in [0.25, 0.3) is 0 Å². The third-order valence-corrected chi connectivity index (χ3v) is 5.07. The van der Waals surface area contributed by atoms with Crippen molar-refractivity contribution in [2.75, 3.05) is 33.7 Å². The lowest BCUT2D eigenvalue weighted by Crippen LogP contribution is -2.30. The zero-order valence-corrected chi connectivity index (χ0v) is 12.7. The lowest BCUT2D eigenvalue weighted by atomic mass is 10.2. The molecule has 1 aliphatic heterocycles. The second-order valence-electron chi connectivity index (χ2n) is 5.94. The lowest BCUT2D eigenvalue weighted by molar-refractivity contribution is 0.228. The molecule has 2 heterocycles. The number of nitrogens with one attached hydrogen (secondary N) is 1. The van der Waals surface area contributed by atoms with E-state index in [1.54, 1.807) is 0 Å². The lowest BCUT2D eigenvalue weighted by Gasteiger charge is -2.25. The fourth-order valence-corrected chi connectivity index (χ4v) is 3.61. The molecule has 0 spiro atoms. The molecule has 2 aliphatic rings. The molecule has 0 radical (unpaired) electrons. The van der Waals surface area contributed by atoms with E-state index in [0.717, 1.165) is 19.1 Å². The smallest absolute Gasteiger partial charge is 0.111 e. The minimum atomic E-state index is 0.465. The Morgan fingerprint density at radius 2 is 2.21 bits per heavy atom. The van der Waals surface area contributed by atoms with E-state index in [2.05, 4.69) is 34.6 Å². The first-order valence-corrected chi connectivity index (χ1v) is 8.17. The molecule has 0 bridgehead atoms. The van der Waals surface area contributed by atoms with Crippen molar-refractivity contribution in [3.8, 4) is 0 Å². The second kappa shape index (κ2) is 5.87. The Kier molecular flexibility index (Phi) is 4.17. The van der Waals surface area contributed by atoms with E-state index >= 15 is 0 Å². The maximum atomic E-state index is 4.85. The van der Waals surface area contributed by atoms with Crippen molar-refractivity contribution in [2.24, 2.45) is 0 Å². The molecular formula is C14H24N4S. The molecule has 1 saturated heterocycles. The first-order valence-electron chi connectivity index (χ1n) is 7.29. The van der Waals surface area contributed by atoms with Crippen molar-refractivity contribution in [1.82, 2.24) is 20.1 Å². The van der Waals surface area contributed by atoms with Crippen molar-refractivity contribution in [3.05, 3.63) is 16.1 Å². The summed E-state index contributed by atoms with van der Waals surface area (Å²) in [6.07, 6.45) is 3.94. The number of hydrogen-bond donors (Lipinski definition) is 1. The first-order chi connectivity index (χ1) is 9.22. The Labute approximate surface area is 119 Å². The normalized spacial score (nSPS) is 26.5. The summed E-state index contributed by atoms with van der Waals surface area (Å²) in [5.74, 6) is 0. The average Bonchev–Trinajstić information content (AvgIpc) is 3.13. The quantitative estimate of drug-likeness (QED) is 0.910. The van der Waals surface area contributed by atoms with Gasteiger partial charge in [0.1, 0.15) is 5.01 Å². The molecule has 1 aromatic heterocycles. The molecule has 5 heteroatoms. The summed E-state index contributed by atoms with van der Waals surface area (Å²) in [6, 6.07) is 1.23. The van der Waals surface area contributed by atoms with Gasteiger partial charge >= 0.3 is 0 Å². The standard InChI is InChI=1S/C14H24N4S/c1-17-6-3-7-18(2)13(9-17)14-16-12(10-19-14)8-15-11-4-5-11/h10-11,13,15H,3-9H2,1-2H3. The number of nitrogens with zero attached hydrogens (tertiary/aromatic N) is 3. The van der Waals surface area contributed by atoms with E-state index < -0.39 is 0 Å². The highest BCUT2D eigenvalue weighted by Gasteiger charge is 2.25. The Morgan fingerprint density at radius 3 is 3.00 bits per heavy atom. The topological polar surface area (TPSA) is 31.4 Å². The first kappa shape index (κ1) is 13.5. The van der Waals surface area contributed by atoms with Gasteiger partial charge in [-0.1, -0.05) is 0 Å². The van der Waals surface area contributed by atoms with Crippen LogP contribution in [0.2, 0.25) is 0 Å². The molecule has 0 amide bonds. The summed E-state index contributed by atoms with van der Waals surface area (Å²) in [7, 11) is 4.45. The van der Waals surface area contributed by atoms with Gasteiger partial charge < -0.3 is 10.2 Å². The molecule has 1 N–H and O–H groups in total. The SMILES string of the molecule is CN1CCCN(C)C(c2nc(CNC3CC3)cs2)C1. The van der Waals surface area contributed by atoms with E-state index in [1.165, 1.54) is 43.1 Å². The summed E-state index contributed by atoms with van der Waals surface area (Å²) in [4.78, 5) is 9.73. The van der Waals surface area contributed by atoms with Crippen LogP contribution in [0.15, 0.2) is 5.38 Å². The fourth-order valence-electron chi connectivity index (χ4n) is 2.63. The van der Waals surface area contributed by atoms with E-state index in [-0.39, 0.29) is 0 Å². The van der Waals surface area contributed by atoms with Crippen LogP contribution in [-0.4, -0.2) is 54.6 Å². The summed E-state index contributed by atoms with van der Waals surface area (Å²) in [5.41, 5.74) is 1.22. The molecule has 2 fully saturated rings. The van der Waals surface area contributed by atoms with E-state index in [9.17, 15) is 0 Å². The molecule has 19 heavy (non-hydrogen) atoms. The summed E-state index contributed by atoms with van der Waals surface area (Å²) < 4.78 is 0. The van der Waals surface area contributed by atoms with E-state index in [4.69, 9.17) is 4.98 Å². The van der Waals surface area contributed by atoms with Crippen molar-refractivity contribution in [3.63, 3.8) is 0 Å². The summed E-state index contributed by atoms with van der Waals surface area (Å²) in [6.45, 7) is 4.40. The van der Waals surface area contributed by atoms with Crippen LogP contribution in [0.25, 0.3) is 0 Å². The van der Waals surface area contributed by atoms with Gasteiger partial charge in [-0.2, -0.15) is 0 Å². The summed E-state index contributed by atoms with van der Waals surface area (Å²) in [5, 5.41) is 7.05. The summed E-state index contributed by atoms with van der Waals surface area (Å²) >= 11 is 1.82. The Morgan fingerprint density at radius 1 is 1.37 bits per heavy atom. The van der Waals surface area contributed by atoms with Crippen LogP contribution in [0, 0.1) is 0 Å². The molecule has 1 saturated carbocycles. The Hall–Kier alpha value is -0.490. The largest absolute Gasteiger partial charge is 0.308 e. The zero-order valence-electron chi connectivity index (χ0n) is 11.9. The Bertz CT molecular complexity index is 415. The molecule has 4 nitrogen and oxygen atoms in total. The maximum absolute atomic E-state index is 4.85. The number of aromatic nitrogens is 1. The predicted octanol–water partition coefficient (Wildman–Crippen LogP) is 1.70. The highest BCUT2D eigenvalue weighted by molar-refractivity contribution is 7.09. The van der Waals surface area contributed by atoms with E-state index in [1.807, 2.05) is 11.3 Å². The van der Waals surface area contributed by atoms with Gasteiger partial charge in [0.05, 0.1) is 11.7 Å². The van der Waals surface area contributed by atoms with Gasteiger partial charge in [-0.15, -0.1) is 11.3 Å². The van der Waals surface area contributed by atoms with Crippen LogP contribution in [0.3, 0.4) is 0 Å². The van der Waals surface area contributed by atoms with Gasteiger partial charge in [0.15, 0.2) is 0 Å². The molecule has 1 unspecified atom stereocenters. The average molecular weight is 280 g/mol. The third kappa shape index (κ3) is 3.54. The van der Waals surface area contributed by atoms with Crippen LogP contribution >= 0.6 is 11.3 Å². The van der Waals surface area contributed by atoms with Gasteiger partial charge in [-0.3, -0.25) is 4.90 Å². The van der Waals surface area contributed by atoms with Crippen LogP contribution in [-0.2, 0) is 6.54 Å². The molecule has 0 aromatic carbocycles. The highest BCUT2D eigenvalue weighted by atomic mass is 32.1. The fraction of sp³-hybridized carbons (Fsp3) is 0.786. The molecule has 1 aliphatic carbocycles. The second-order valence-corrected chi connectivity index (χ2v) is 6.83. The molecular weight excluding hydrogens is 256 g/mol. The van der Waals surface area contributed by atoms with Gasteiger partial charge in [0.2, 0.25) is 0 Å². The van der Waals surface area contributed by atoms with Gasteiger partial charge in [-0.05, 0) is 46.4 Å². The molecule has 106 valence electrons. The van der Waals surface area contributed by atoms with Crippen molar-refractivity contribution in [2.45, 2.75) is 37.9 Å². The van der Waals surface area contributed by atoms with Crippen molar-refractivity contribution >= 4 is 11.3 Å². The van der Waals surface area contributed by atoms with Crippen molar-refractivity contribution < 1.29 is 0 Å². The third-order valence-electron chi connectivity index (χ3n) is 4.07.